The van der Waals surface area contributed by atoms with Crippen LogP contribution in [0.3, 0.4) is 0 Å². The summed E-state index contributed by atoms with van der Waals surface area (Å²) in [7, 11) is -2.57. The Labute approximate surface area is 195 Å². The van der Waals surface area contributed by atoms with Crippen LogP contribution >= 0.6 is 0 Å². The zero-order valence-electron chi connectivity index (χ0n) is 18.9. The Hall–Kier alpha value is -3.52. The monoisotopic (exact) mass is 468 g/mol. The van der Waals surface area contributed by atoms with E-state index in [1.165, 1.54) is 19.2 Å². The number of nitrogens with one attached hydrogen (secondary N) is 1. The van der Waals surface area contributed by atoms with Gasteiger partial charge in [0.15, 0.2) is 0 Å². The molecule has 7 nitrogen and oxygen atoms in total. The minimum atomic E-state index is -4.03. The predicted octanol–water partition coefficient (Wildman–Crippen LogP) is 3.91. The van der Waals surface area contributed by atoms with Gasteiger partial charge in [-0.15, -0.1) is 0 Å². The topological polar surface area (TPSA) is 84.9 Å². The summed E-state index contributed by atoms with van der Waals surface area (Å²) in [6, 6.07) is 20.6. The summed E-state index contributed by atoms with van der Waals surface area (Å²) in [5, 5.41) is 2.81. The van der Waals surface area contributed by atoms with Gasteiger partial charge in [0.1, 0.15) is 18.0 Å². The molecule has 0 aliphatic heterocycles. The summed E-state index contributed by atoms with van der Waals surface area (Å²) in [4.78, 5) is 13.0. The van der Waals surface area contributed by atoms with Crippen molar-refractivity contribution in [2.45, 2.75) is 25.3 Å². The van der Waals surface area contributed by atoms with Crippen LogP contribution in [0, 0.1) is 6.92 Å². The molecule has 0 unspecified atom stereocenters. The number of hydrogen-bond donors (Lipinski definition) is 1. The van der Waals surface area contributed by atoms with Gasteiger partial charge in [0, 0.05) is 12.1 Å². The van der Waals surface area contributed by atoms with Crippen molar-refractivity contribution in [3.8, 4) is 11.5 Å². The molecule has 0 bridgehead atoms. The van der Waals surface area contributed by atoms with Crippen molar-refractivity contribution >= 4 is 21.6 Å². The maximum absolute atomic E-state index is 13.5. The number of sulfonamides is 1. The number of rotatable bonds is 10. The number of para-hydroxylation sites is 1. The molecular formula is C25H28N2O5S. The molecule has 0 aliphatic rings. The molecule has 3 rings (SSSR count). The van der Waals surface area contributed by atoms with E-state index in [0.29, 0.717) is 23.8 Å². The van der Waals surface area contributed by atoms with Gasteiger partial charge in [-0.05, 0) is 49.7 Å². The number of nitrogens with zero attached hydrogens (tertiary/aromatic N) is 1. The fraction of sp³-hybridized carbons (Fsp3) is 0.240. The number of carbonyl (C=O) groups is 1. The molecule has 0 spiro atoms. The quantitative estimate of drug-likeness (QED) is 0.488. The smallest absolute Gasteiger partial charge is 0.264 e. The van der Waals surface area contributed by atoms with Crippen molar-refractivity contribution in [2.75, 3.05) is 24.6 Å². The maximum Gasteiger partial charge on any atom is 0.264 e. The van der Waals surface area contributed by atoms with Crippen molar-refractivity contribution in [3.05, 3.63) is 83.9 Å². The second kappa shape index (κ2) is 10.9. The van der Waals surface area contributed by atoms with E-state index in [1.54, 1.807) is 30.3 Å². The Morgan fingerprint density at radius 2 is 1.67 bits per heavy atom. The van der Waals surface area contributed by atoms with Crippen LogP contribution in [-0.2, 0) is 21.4 Å². The number of methoxy groups -OCH3 is 1. The summed E-state index contributed by atoms with van der Waals surface area (Å²) in [6.45, 7) is 4.03. The molecule has 0 heterocycles. The third-order valence-corrected chi connectivity index (χ3v) is 6.74. The molecule has 3 aromatic carbocycles. The molecule has 33 heavy (non-hydrogen) atoms. The Morgan fingerprint density at radius 3 is 2.36 bits per heavy atom. The van der Waals surface area contributed by atoms with Gasteiger partial charge in [0.2, 0.25) is 5.91 Å². The van der Waals surface area contributed by atoms with Crippen LogP contribution in [0.1, 0.15) is 18.1 Å². The SMILES string of the molecule is CCOc1ccccc1CNC(=O)CN(c1cc(C)ccc1OC)S(=O)(=O)c1ccccc1. The van der Waals surface area contributed by atoms with Crippen molar-refractivity contribution in [3.63, 3.8) is 0 Å². The van der Waals surface area contributed by atoms with E-state index in [1.807, 2.05) is 44.2 Å². The van der Waals surface area contributed by atoms with E-state index in [-0.39, 0.29) is 11.4 Å². The molecule has 0 saturated heterocycles. The van der Waals surface area contributed by atoms with Crippen LogP contribution in [0.5, 0.6) is 11.5 Å². The molecule has 0 atom stereocenters. The Morgan fingerprint density at radius 1 is 0.970 bits per heavy atom. The highest BCUT2D eigenvalue weighted by atomic mass is 32.2. The lowest BCUT2D eigenvalue weighted by Gasteiger charge is -2.26. The first-order valence-corrected chi connectivity index (χ1v) is 12.0. The second-order valence-electron chi connectivity index (χ2n) is 7.32. The first-order valence-electron chi connectivity index (χ1n) is 10.6. The van der Waals surface area contributed by atoms with Gasteiger partial charge in [-0.3, -0.25) is 9.10 Å². The molecule has 3 aromatic rings. The molecule has 1 amide bonds. The summed E-state index contributed by atoms with van der Waals surface area (Å²) >= 11 is 0. The zero-order chi connectivity index (χ0) is 23.8. The molecule has 0 saturated carbocycles. The van der Waals surface area contributed by atoms with Crippen molar-refractivity contribution in [2.24, 2.45) is 0 Å². The Balaban J connectivity index is 1.91. The van der Waals surface area contributed by atoms with Gasteiger partial charge < -0.3 is 14.8 Å². The van der Waals surface area contributed by atoms with Gasteiger partial charge in [-0.1, -0.05) is 42.5 Å². The first kappa shape index (κ1) is 24.1. The maximum atomic E-state index is 13.5. The normalized spacial score (nSPS) is 11.0. The van der Waals surface area contributed by atoms with Gasteiger partial charge in [-0.25, -0.2) is 8.42 Å². The zero-order valence-corrected chi connectivity index (χ0v) is 19.8. The van der Waals surface area contributed by atoms with Crippen LogP contribution in [-0.4, -0.2) is 34.6 Å². The Bertz CT molecular complexity index is 1200. The highest BCUT2D eigenvalue weighted by molar-refractivity contribution is 7.92. The molecule has 0 radical (unpaired) electrons. The number of benzene rings is 3. The molecule has 0 aromatic heterocycles. The van der Waals surface area contributed by atoms with Crippen molar-refractivity contribution in [1.29, 1.82) is 0 Å². The second-order valence-corrected chi connectivity index (χ2v) is 9.18. The summed E-state index contributed by atoms with van der Waals surface area (Å²) in [5.74, 6) is 0.577. The average molecular weight is 469 g/mol. The van der Waals surface area contributed by atoms with E-state index in [9.17, 15) is 13.2 Å². The lowest BCUT2D eigenvalue weighted by atomic mass is 10.2. The van der Waals surface area contributed by atoms with Gasteiger partial charge >= 0.3 is 0 Å². The van der Waals surface area contributed by atoms with Gasteiger partial charge in [0.05, 0.1) is 24.3 Å². The minimum Gasteiger partial charge on any atom is -0.495 e. The van der Waals surface area contributed by atoms with Crippen LogP contribution in [0.15, 0.2) is 77.7 Å². The van der Waals surface area contributed by atoms with E-state index in [2.05, 4.69) is 5.32 Å². The minimum absolute atomic E-state index is 0.0862. The number of aryl methyl sites for hydroxylation is 1. The number of amides is 1. The molecule has 0 fully saturated rings. The molecule has 1 N–H and O–H groups in total. The summed E-state index contributed by atoms with van der Waals surface area (Å²) < 4.78 is 39.2. The molecule has 174 valence electrons. The third kappa shape index (κ3) is 5.84. The average Bonchev–Trinajstić information content (AvgIpc) is 2.82. The predicted molar refractivity (Wildman–Crippen MR) is 128 cm³/mol. The van der Waals surface area contributed by atoms with E-state index in [4.69, 9.17) is 9.47 Å². The van der Waals surface area contributed by atoms with Crippen LogP contribution < -0.4 is 19.1 Å². The number of hydrogen-bond acceptors (Lipinski definition) is 5. The lowest BCUT2D eigenvalue weighted by Crippen LogP contribution is -2.41. The summed E-state index contributed by atoms with van der Waals surface area (Å²) in [5.41, 5.74) is 1.94. The largest absolute Gasteiger partial charge is 0.495 e. The van der Waals surface area contributed by atoms with Crippen LogP contribution in [0.2, 0.25) is 0 Å². The van der Waals surface area contributed by atoms with Crippen LogP contribution in [0.4, 0.5) is 5.69 Å². The highest BCUT2D eigenvalue weighted by Gasteiger charge is 2.29. The molecule has 8 heteroatoms. The number of anilines is 1. The van der Waals surface area contributed by atoms with Crippen molar-refractivity contribution < 1.29 is 22.7 Å². The van der Waals surface area contributed by atoms with E-state index < -0.39 is 22.5 Å². The molecule has 0 aliphatic carbocycles. The standard InChI is InChI=1S/C25H28N2O5S/c1-4-32-23-13-9-8-10-20(23)17-26-25(28)18-27(22-16-19(2)14-15-24(22)31-3)33(29,30)21-11-6-5-7-12-21/h5-16H,4,17-18H2,1-3H3,(H,26,28). The van der Waals surface area contributed by atoms with Gasteiger partial charge in [0.25, 0.3) is 10.0 Å². The summed E-state index contributed by atoms with van der Waals surface area (Å²) in [6.07, 6.45) is 0. The van der Waals surface area contributed by atoms with E-state index >= 15 is 0 Å². The number of ether oxygens (including phenoxy) is 2. The number of carbonyl (C=O) groups excluding carboxylic acids is 1. The van der Waals surface area contributed by atoms with Gasteiger partial charge in [-0.2, -0.15) is 0 Å². The highest BCUT2D eigenvalue weighted by Crippen LogP contribution is 2.33. The lowest BCUT2D eigenvalue weighted by molar-refractivity contribution is -0.119. The van der Waals surface area contributed by atoms with Crippen LogP contribution in [0.25, 0.3) is 0 Å². The first-order chi connectivity index (χ1) is 15.9. The Kier molecular flexibility index (Phi) is 7.95. The van der Waals surface area contributed by atoms with E-state index in [0.717, 1.165) is 15.4 Å². The fourth-order valence-corrected chi connectivity index (χ4v) is 4.78. The molecular weight excluding hydrogens is 440 g/mol. The fourth-order valence-electron chi connectivity index (χ4n) is 3.34. The third-order valence-electron chi connectivity index (χ3n) is 4.97. The van der Waals surface area contributed by atoms with Crippen molar-refractivity contribution in [1.82, 2.24) is 5.32 Å².